The van der Waals surface area contributed by atoms with Crippen molar-refractivity contribution in [2.45, 2.75) is 0 Å². The molecule has 0 unspecified atom stereocenters. The summed E-state index contributed by atoms with van der Waals surface area (Å²) in [6.07, 6.45) is 5.18. The molecule has 0 spiro atoms. The highest BCUT2D eigenvalue weighted by atomic mass is 19.1. The van der Waals surface area contributed by atoms with Crippen LogP contribution in [0.1, 0.15) is 0 Å². The number of ether oxygens (including phenoxy) is 1. The zero-order chi connectivity index (χ0) is 19.8. The SMILES string of the molecule is COc1ccc(Nc2ncnc3ccc(-c4c[nH]c5ncccc45)cc23)cc1F. The van der Waals surface area contributed by atoms with Crippen LogP contribution in [-0.2, 0) is 0 Å². The van der Waals surface area contributed by atoms with Crippen molar-refractivity contribution < 1.29 is 9.13 Å². The Morgan fingerprint density at radius 1 is 1.00 bits per heavy atom. The number of hydrogen-bond acceptors (Lipinski definition) is 5. The Bertz CT molecular complexity index is 1350. The van der Waals surface area contributed by atoms with Gasteiger partial charge in [0.05, 0.1) is 12.6 Å². The number of nitrogens with one attached hydrogen (secondary N) is 2. The molecule has 142 valence electrons. The molecule has 0 radical (unpaired) electrons. The number of pyridine rings is 1. The first-order valence-corrected chi connectivity index (χ1v) is 9.01. The highest BCUT2D eigenvalue weighted by Gasteiger charge is 2.11. The summed E-state index contributed by atoms with van der Waals surface area (Å²) < 4.78 is 19.0. The van der Waals surface area contributed by atoms with Gasteiger partial charge in [0.25, 0.3) is 0 Å². The number of benzene rings is 2. The number of halogens is 1. The molecule has 0 aliphatic heterocycles. The van der Waals surface area contributed by atoms with Gasteiger partial charge < -0.3 is 15.0 Å². The Hall–Kier alpha value is -4.00. The smallest absolute Gasteiger partial charge is 0.167 e. The van der Waals surface area contributed by atoms with Crippen molar-refractivity contribution in [2.75, 3.05) is 12.4 Å². The molecule has 3 aromatic heterocycles. The first-order chi connectivity index (χ1) is 14.2. The Morgan fingerprint density at radius 3 is 2.79 bits per heavy atom. The highest BCUT2D eigenvalue weighted by Crippen LogP contribution is 2.32. The summed E-state index contributed by atoms with van der Waals surface area (Å²) in [5, 5.41) is 5.05. The Kier molecular flexibility index (Phi) is 4.05. The van der Waals surface area contributed by atoms with Gasteiger partial charge in [0.1, 0.15) is 17.8 Å². The van der Waals surface area contributed by atoms with Crippen LogP contribution in [0, 0.1) is 5.82 Å². The van der Waals surface area contributed by atoms with Crippen LogP contribution in [0.5, 0.6) is 5.75 Å². The predicted octanol–water partition coefficient (Wildman–Crippen LogP) is 5.06. The monoisotopic (exact) mass is 385 g/mol. The van der Waals surface area contributed by atoms with E-state index >= 15 is 0 Å². The van der Waals surface area contributed by atoms with Crippen LogP contribution >= 0.6 is 0 Å². The van der Waals surface area contributed by atoms with Gasteiger partial charge in [-0.05, 0) is 42.0 Å². The predicted molar refractivity (Wildman–Crippen MR) is 111 cm³/mol. The van der Waals surface area contributed by atoms with Gasteiger partial charge in [-0.1, -0.05) is 6.07 Å². The first-order valence-electron chi connectivity index (χ1n) is 9.01. The number of rotatable bonds is 4. The fourth-order valence-corrected chi connectivity index (χ4v) is 3.40. The zero-order valence-electron chi connectivity index (χ0n) is 15.5. The Morgan fingerprint density at radius 2 is 1.93 bits per heavy atom. The van der Waals surface area contributed by atoms with Gasteiger partial charge in [0.2, 0.25) is 0 Å². The van der Waals surface area contributed by atoms with Crippen molar-refractivity contribution in [3.63, 3.8) is 0 Å². The van der Waals surface area contributed by atoms with E-state index in [-0.39, 0.29) is 5.75 Å². The van der Waals surface area contributed by atoms with E-state index in [4.69, 9.17) is 4.74 Å². The number of aromatic amines is 1. The van der Waals surface area contributed by atoms with Crippen molar-refractivity contribution in [1.29, 1.82) is 0 Å². The second kappa shape index (κ2) is 6.87. The fraction of sp³-hybridized carbons (Fsp3) is 0.0455. The van der Waals surface area contributed by atoms with Crippen LogP contribution in [0.15, 0.2) is 67.3 Å². The largest absolute Gasteiger partial charge is 0.494 e. The Labute approximate surface area is 165 Å². The number of aromatic nitrogens is 4. The third-order valence-corrected chi connectivity index (χ3v) is 4.81. The molecular weight excluding hydrogens is 369 g/mol. The van der Waals surface area contributed by atoms with E-state index in [1.54, 1.807) is 18.3 Å². The molecule has 7 heteroatoms. The van der Waals surface area contributed by atoms with Crippen LogP contribution < -0.4 is 10.1 Å². The van der Waals surface area contributed by atoms with Crippen molar-refractivity contribution in [1.82, 2.24) is 19.9 Å². The maximum Gasteiger partial charge on any atom is 0.167 e. The molecule has 29 heavy (non-hydrogen) atoms. The molecule has 0 aliphatic rings. The molecule has 2 aromatic carbocycles. The van der Waals surface area contributed by atoms with Crippen LogP contribution in [0.4, 0.5) is 15.9 Å². The van der Waals surface area contributed by atoms with Gasteiger partial charge in [-0.2, -0.15) is 0 Å². The van der Waals surface area contributed by atoms with Gasteiger partial charge in [-0.15, -0.1) is 0 Å². The van der Waals surface area contributed by atoms with Gasteiger partial charge in [0.15, 0.2) is 11.6 Å². The average molecular weight is 385 g/mol. The quantitative estimate of drug-likeness (QED) is 0.452. The van der Waals surface area contributed by atoms with E-state index in [1.165, 1.54) is 19.5 Å². The third-order valence-electron chi connectivity index (χ3n) is 4.81. The van der Waals surface area contributed by atoms with E-state index in [9.17, 15) is 4.39 Å². The van der Waals surface area contributed by atoms with Crippen molar-refractivity contribution >= 4 is 33.4 Å². The van der Waals surface area contributed by atoms with Gasteiger partial charge in [-0.3, -0.25) is 0 Å². The van der Waals surface area contributed by atoms with Crippen LogP contribution in [0.25, 0.3) is 33.1 Å². The van der Waals surface area contributed by atoms with E-state index in [2.05, 4.69) is 25.3 Å². The second-order valence-corrected chi connectivity index (χ2v) is 6.53. The van der Waals surface area contributed by atoms with Gasteiger partial charge in [-0.25, -0.2) is 19.3 Å². The number of fused-ring (bicyclic) bond motifs is 2. The maximum atomic E-state index is 14.1. The van der Waals surface area contributed by atoms with Gasteiger partial charge in [0, 0.05) is 40.5 Å². The lowest BCUT2D eigenvalue weighted by Crippen LogP contribution is -1.97. The minimum Gasteiger partial charge on any atom is -0.494 e. The number of hydrogen-bond donors (Lipinski definition) is 2. The molecule has 2 N–H and O–H groups in total. The van der Waals surface area contributed by atoms with Gasteiger partial charge >= 0.3 is 0 Å². The Balaban J connectivity index is 1.60. The minimum absolute atomic E-state index is 0.193. The van der Waals surface area contributed by atoms with E-state index < -0.39 is 5.82 Å². The molecule has 6 nitrogen and oxygen atoms in total. The highest BCUT2D eigenvalue weighted by molar-refractivity contribution is 5.99. The molecule has 0 aliphatic carbocycles. The molecule has 0 bridgehead atoms. The van der Waals surface area contributed by atoms with Crippen molar-refractivity contribution in [3.8, 4) is 16.9 Å². The number of nitrogens with zero attached hydrogens (tertiary/aromatic N) is 3. The van der Waals surface area contributed by atoms with Crippen molar-refractivity contribution in [3.05, 3.63) is 73.1 Å². The first kappa shape index (κ1) is 17.1. The lowest BCUT2D eigenvalue weighted by molar-refractivity contribution is 0.386. The van der Waals surface area contributed by atoms with Crippen LogP contribution in [0.2, 0.25) is 0 Å². The molecule has 0 amide bonds. The molecule has 5 aromatic rings. The topological polar surface area (TPSA) is 75.7 Å². The normalized spacial score (nSPS) is 11.1. The summed E-state index contributed by atoms with van der Waals surface area (Å²) in [6, 6.07) is 14.6. The number of anilines is 2. The van der Waals surface area contributed by atoms with E-state index in [0.717, 1.165) is 33.1 Å². The molecule has 5 rings (SSSR count). The summed E-state index contributed by atoms with van der Waals surface area (Å²) in [5.41, 5.74) is 4.25. The van der Waals surface area contributed by atoms with E-state index in [1.807, 2.05) is 36.5 Å². The zero-order valence-corrected chi connectivity index (χ0v) is 15.5. The minimum atomic E-state index is -0.442. The second-order valence-electron chi connectivity index (χ2n) is 6.53. The molecule has 3 heterocycles. The molecule has 0 atom stereocenters. The lowest BCUT2D eigenvalue weighted by Gasteiger charge is -2.11. The van der Waals surface area contributed by atoms with Crippen LogP contribution in [0.3, 0.4) is 0 Å². The fourth-order valence-electron chi connectivity index (χ4n) is 3.40. The average Bonchev–Trinajstić information content (AvgIpc) is 3.18. The number of H-pyrrole nitrogens is 1. The molecule has 0 saturated heterocycles. The summed E-state index contributed by atoms with van der Waals surface area (Å²) in [7, 11) is 1.44. The molecule has 0 saturated carbocycles. The summed E-state index contributed by atoms with van der Waals surface area (Å²) >= 11 is 0. The standard InChI is InChI=1S/C22H16FN5O/c1-29-20-7-5-14(10-18(20)23)28-22-16-9-13(4-6-19(16)26-12-27-22)17-11-25-21-15(17)3-2-8-24-21/h2-12H,1H3,(H,24,25)(H,26,27,28). The van der Waals surface area contributed by atoms with E-state index in [0.29, 0.717) is 11.5 Å². The maximum absolute atomic E-state index is 14.1. The molecule has 0 fully saturated rings. The third kappa shape index (κ3) is 3.02. The summed E-state index contributed by atoms with van der Waals surface area (Å²) in [4.78, 5) is 16.3. The molecular formula is C22H16FN5O. The van der Waals surface area contributed by atoms with Crippen LogP contribution in [-0.4, -0.2) is 27.0 Å². The lowest BCUT2D eigenvalue weighted by atomic mass is 10.0. The van der Waals surface area contributed by atoms with Crippen molar-refractivity contribution in [2.24, 2.45) is 0 Å². The summed E-state index contributed by atoms with van der Waals surface area (Å²) in [5.74, 6) is 0.348. The number of methoxy groups -OCH3 is 1. The summed E-state index contributed by atoms with van der Waals surface area (Å²) in [6.45, 7) is 0.